The summed E-state index contributed by atoms with van der Waals surface area (Å²) in [6.07, 6.45) is 0. The molecule has 0 spiro atoms. The highest BCUT2D eigenvalue weighted by Crippen LogP contribution is 2.20. The van der Waals surface area contributed by atoms with Crippen LogP contribution in [0.1, 0.15) is 5.69 Å². The lowest BCUT2D eigenvalue weighted by Crippen LogP contribution is -2.05. The van der Waals surface area contributed by atoms with E-state index in [0.29, 0.717) is 17.7 Å². The van der Waals surface area contributed by atoms with Crippen LogP contribution in [0.15, 0.2) is 30.3 Å². The minimum atomic E-state index is 0.439. The topological polar surface area (TPSA) is 81.6 Å². The quantitative estimate of drug-likeness (QED) is 0.731. The molecule has 0 saturated heterocycles. The van der Waals surface area contributed by atoms with Crippen LogP contribution in [0.3, 0.4) is 0 Å². The highest BCUT2D eigenvalue weighted by Gasteiger charge is 2.08. The van der Waals surface area contributed by atoms with Gasteiger partial charge in [0.25, 0.3) is 0 Å². The molecule has 6 nitrogen and oxygen atoms in total. The van der Waals surface area contributed by atoms with Crippen LogP contribution >= 0.6 is 0 Å². The zero-order chi connectivity index (χ0) is 13.4. The first-order valence-electron chi connectivity index (χ1n) is 5.93. The SMILES string of the molecule is Cc1cc(N)nc(Nc2nc3ccccc3n2C)n1. The van der Waals surface area contributed by atoms with Gasteiger partial charge < -0.3 is 10.3 Å². The van der Waals surface area contributed by atoms with Crippen LogP contribution in [0, 0.1) is 6.92 Å². The first kappa shape index (κ1) is 11.5. The molecule has 0 fully saturated rings. The lowest BCUT2D eigenvalue weighted by molar-refractivity contribution is 0.948. The number of fused-ring (bicyclic) bond motifs is 1. The number of para-hydroxylation sites is 2. The van der Waals surface area contributed by atoms with Crippen molar-refractivity contribution in [3.8, 4) is 0 Å². The first-order chi connectivity index (χ1) is 9.13. The van der Waals surface area contributed by atoms with Crippen molar-refractivity contribution in [2.45, 2.75) is 6.92 Å². The molecular formula is C13H14N6. The Morgan fingerprint density at radius 2 is 1.95 bits per heavy atom. The maximum Gasteiger partial charge on any atom is 0.231 e. The van der Waals surface area contributed by atoms with Gasteiger partial charge in [-0.2, -0.15) is 4.98 Å². The Bertz CT molecular complexity index is 726. The summed E-state index contributed by atoms with van der Waals surface area (Å²) in [5.41, 5.74) is 8.49. The number of nitrogens with one attached hydrogen (secondary N) is 1. The average Bonchev–Trinajstić information content (AvgIpc) is 2.66. The standard InChI is InChI=1S/C13H14N6/c1-8-7-11(14)17-12(15-8)18-13-16-9-5-3-4-6-10(9)19(13)2/h3-7H,1-2H3,(H3,14,15,16,17,18). The summed E-state index contributed by atoms with van der Waals surface area (Å²) in [5, 5.41) is 3.09. The Morgan fingerprint density at radius 1 is 1.16 bits per heavy atom. The number of nitrogens with zero attached hydrogens (tertiary/aromatic N) is 4. The Morgan fingerprint density at radius 3 is 2.68 bits per heavy atom. The van der Waals surface area contributed by atoms with Crippen molar-refractivity contribution in [3.63, 3.8) is 0 Å². The van der Waals surface area contributed by atoms with E-state index in [1.54, 1.807) is 6.07 Å². The number of benzene rings is 1. The highest BCUT2D eigenvalue weighted by atomic mass is 15.3. The van der Waals surface area contributed by atoms with E-state index in [1.807, 2.05) is 42.8 Å². The second kappa shape index (κ2) is 4.24. The van der Waals surface area contributed by atoms with Gasteiger partial charge in [-0.3, -0.25) is 5.32 Å². The summed E-state index contributed by atoms with van der Waals surface area (Å²) in [6, 6.07) is 9.64. The lowest BCUT2D eigenvalue weighted by atomic mass is 10.3. The van der Waals surface area contributed by atoms with E-state index < -0.39 is 0 Å². The fourth-order valence-electron chi connectivity index (χ4n) is 2.01. The number of nitrogen functional groups attached to an aromatic ring is 1. The molecule has 0 bridgehead atoms. The number of aryl methyl sites for hydroxylation is 2. The Labute approximate surface area is 110 Å². The zero-order valence-electron chi connectivity index (χ0n) is 10.8. The van der Waals surface area contributed by atoms with Crippen LogP contribution in [0.5, 0.6) is 0 Å². The number of nitrogens with two attached hydrogens (primary N) is 1. The molecule has 0 unspecified atom stereocenters. The average molecular weight is 254 g/mol. The van der Waals surface area contributed by atoms with Crippen molar-refractivity contribution >= 4 is 28.7 Å². The van der Waals surface area contributed by atoms with Crippen molar-refractivity contribution in [1.29, 1.82) is 0 Å². The van der Waals surface area contributed by atoms with Gasteiger partial charge in [0.15, 0.2) is 0 Å². The third-order valence-corrected chi connectivity index (χ3v) is 2.88. The summed E-state index contributed by atoms with van der Waals surface area (Å²) in [6.45, 7) is 1.87. The highest BCUT2D eigenvalue weighted by molar-refractivity contribution is 5.79. The second-order valence-electron chi connectivity index (χ2n) is 4.37. The number of imidazole rings is 1. The third kappa shape index (κ3) is 2.08. The molecule has 6 heteroatoms. The zero-order valence-corrected chi connectivity index (χ0v) is 10.8. The van der Waals surface area contributed by atoms with Crippen LogP contribution in [-0.4, -0.2) is 19.5 Å². The van der Waals surface area contributed by atoms with Crippen molar-refractivity contribution < 1.29 is 0 Å². The van der Waals surface area contributed by atoms with Gasteiger partial charge in [-0.05, 0) is 19.1 Å². The predicted octanol–water partition coefficient (Wildman–Crippen LogP) is 2.00. The van der Waals surface area contributed by atoms with Gasteiger partial charge >= 0.3 is 0 Å². The van der Waals surface area contributed by atoms with Crippen LogP contribution in [0.25, 0.3) is 11.0 Å². The van der Waals surface area contributed by atoms with Gasteiger partial charge in [0, 0.05) is 18.8 Å². The minimum absolute atomic E-state index is 0.439. The van der Waals surface area contributed by atoms with E-state index in [4.69, 9.17) is 5.73 Å². The van der Waals surface area contributed by atoms with E-state index in [9.17, 15) is 0 Å². The molecule has 0 atom stereocenters. The molecule has 0 radical (unpaired) electrons. The molecule has 0 saturated carbocycles. The third-order valence-electron chi connectivity index (χ3n) is 2.88. The molecule has 0 amide bonds. The molecule has 2 heterocycles. The number of hydrogen-bond acceptors (Lipinski definition) is 5. The molecule has 3 N–H and O–H groups in total. The lowest BCUT2D eigenvalue weighted by Gasteiger charge is -2.06. The normalized spacial score (nSPS) is 10.8. The number of hydrogen-bond donors (Lipinski definition) is 2. The summed E-state index contributed by atoms with van der Waals surface area (Å²) in [4.78, 5) is 12.9. The van der Waals surface area contributed by atoms with Gasteiger partial charge in [-0.1, -0.05) is 12.1 Å². The summed E-state index contributed by atoms with van der Waals surface area (Å²) in [5.74, 6) is 1.58. The molecule has 3 aromatic rings. The Hall–Kier alpha value is -2.63. The van der Waals surface area contributed by atoms with E-state index in [2.05, 4.69) is 20.3 Å². The van der Waals surface area contributed by atoms with Crippen molar-refractivity contribution in [1.82, 2.24) is 19.5 Å². The fraction of sp³-hybridized carbons (Fsp3) is 0.154. The summed E-state index contributed by atoms with van der Waals surface area (Å²) < 4.78 is 1.96. The molecule has 2 aromatic heterocycles. The maximum absolute atomic E-state index is 5.71. The van der Waals surface area contributed by atoms with Crippen LogP contribution in [0.4, 0.5) is 17.7 Å². The largest absolute Gasteiger partial charge is 0.384 e. The number of aromatic nitrogens is 4. The van der Waals surface area contributed by atoms with Gasteiger partial charge in [-0.25, -0.2) is 9.97 Å². The predicted molar refractivity (Wildman–Crippen MR) is 75.2 cm³/mol. The van der Waals surface area contributed by atoms with Crippen molar-refractivity contribution in [3.05, 3.63) is 36.0 Å². The van der Waals surface area contributed by atoms with Crippen molar-refractivity contribution in [2.24, 2.45) is 7.05 Å². The molecule has 0 aliphatic heterocycles. The maximum atomic E-state index is 5.71. The minimum Gasteiger partial charge on any atom is -0.384 e. The monoisotopic (exact) mass is 254 g/mol. The molecule has 19 heavy (non-hydrogen) atoms. The Kier molecular flexibility index (Phi) is 2.56. The second-order valence-corrected chi connectivity index (χ2v) is 4.37. The first-order valence-corrected chi connectivity index (χ1v) is 5.93. The molecule has 96 valence electrons. The smallest absolute Gasteiger partial charge is 0.231 e. The van der Waals surface area contributed by atoms with E-state index in [1.165, 1.54) is 0 Å². The van der Waals surface area contributed by atoms with Gasteiger partial charge in [0.1, 0.15) is 5.82 Å². The molecular weight excluding hydrogens is 240 g/mol. The van der Waals surface area contributed by atoms with Crippen LogP contribution in [0.2, 0.25) is 0 Å². The van der Waals surface area contributed by atoms with Gasteiger partial charge in [0.05, 0.1) is 11.0 Å². The summed E-state index contributed by atoms with van der Waals surface area (Å²) >= 11 is 0. The molecule has 3 rings (SSSR count). The van der Waals surface area contributed by atoms with E-state index in [-0.39, 0.29) is 0 Å². The van der Waals surface area contributed by atoms with Crippen LogP contribution < -0.4 is 11.1 Å². The van der Waals surface area contributed by atoms with Crippen LogP contribution in [-0.2, 0) is 7.05 Å². The fourth-order valence-corrected chi connectivity index (χ4v) is 2.01. The van der Waals surface area contributed by atoms with Crippen molar-refractivity contribution in [2.75, 3.05) is 11.1 Å². The number of anilines is 3. The Balaban J connectivity index is 2.03. The van der Waals surface area contributed by atoms with Gasteiger partial charge in [0.2, 0.25) is 11.9 Å². The molecule has 0 aliphatic rings. The van der Waals surface area contributed by atoms with E-state index in [0.717, 1.165) is 16.7 Å². The molecule has 1 aromatic carbocycles. The molecule has 0 aliphatic carbocycles. The summed E-state index contributed by atoms with van der Waals surface area (Å²) in [7, 11) is 1.94. The van der Waals surface area contributed by atoms with Gasteiger partial charge in [-0.15, -0.1) is 0 Å². The van der Waals surface area contributed by atoms with E-state index >= 15 is 0 Å². The number of rotatable bonds is 2.